The van der Waals surface area contributed by atoms with Crippen LogP contribution in [0.25, 0.3) is 21.5 Å². The van der Waals surface area contributed by atoms with Gasteiger partial charge in [-0.1, -0.05) is 6.42 Å². The quantitative estimate of drug-likeness (QED) is 0.292. The molecule has 200 valence electrons. The molecule has 1 aliphatic rings. The Morgan fingerprint density at radius 3 is 1.84 bits per heavy atom. The highest BCUT2D eigenvalue weighted by Gasteiger charge is 2.32. The average molecular weight is 574 g/mol. The summed E-state index contributed by atoms with van der Waals surface area (Å²) in [6.07, 6.45) is 3.02. The van der Waals surface area contributed by atoms with Crippen molar-refractivity contribution in [2.24, 2.45) is 0 Å². The Labute approximate surface area is 227 Å². The van der Waals surface area contributed by atoms with Crippen LogP contribution < -0.4 is 18.9 Å². The van der Waals surface area contributed by atoms with E-state index in [9.17, 15) is 4.79 Å². The van der Waals surface area contributed by atoms with E-state index in [0.29, 0.717) is 29.5 Å². The van der Waals surface area contributed by atoms with Gasteiger partial charge >= 0.3 is 0 Å². The van der Waals surface area contributed by atoms with Gasteiger partial charge in [0, 0.05) is 29.5 Å². The molecular formula is C29H37BrN2O5. The van der Waals surface area contributed by atoms with Crippen LogP contribution in [0.4, 0.5) is 0 Å². The molecular weight excluding hydrogens is 536 g/mol. The minimum absolute atomic E-state index is 0.128. The Balaban J connectivity index is 1.94. The van der Waals surface area contributed by atoms with Gasteiger partial charge in [0.1, 0.15) is 0 Å². The fraction of sp³-hybridized carbons (Fsp3) is 0.483. The maximum Gasteiger partial charge on any atom is 0.239 e. The molecule has 0 N–H and O–H groups in total. The fourth-order valence-electron chi connectivity index (χ4n) is 5.48. The zero-order chi connectivity index (χ0) is 26.7. The molecule has 0 aromatic heterocycles. The van der Waals surface area contributed by atoms with Crippen molar-refractivity contribution in [1.29, 1.82) is 0 Å². The maximum atomic E-state index is 13.5. The minimum atomic E-state index is -0.128. The standard InChI is InChI=1S/C29H37BrN2O5/c1-7-31(8-2)29(33)23-11-9-10-12-32(23)17-22-20-15-26(36-5)24(34-3)13-18(20)19-14-25(35-4)27(37-6)16-21(19)28(22)30/h13-16,23H,7-12,17H2,1-6H3/t23-/m1/s1. The largest absolute Gasteiger partial charge is 0.493 e. The summed E-state index contributed by atoms with van der Waals surface area (Å²) >= 11 is 3.94. The Bertz CT molecular complexity index is 1290. The van der Waals surface area contributed by atoms with Crippen LogP contribution in [0.1, 0.15) is 38.7 Å². The number of piperidine rings is 1. The van der Waals surface area contributed by atoms with E-state index in [4.69, 9.17) is 18.9 Å². The van der Waals surface area contributed by atoms with E-state index in [1.165, 1.54) is 0 Å². The molecule has 8 heteroatoms. The molecule has 3 aromatic rings. The first-order valence-electron chi connectivity index (χ1n) is 12.9. The molecule has 1 atom stereocenters. The zero-order valence-electron chi connectivity index (χ0n) is 22.7. The van der Waals surface area contributed by atoms with Crippen LogP contribution in [-0.2, 0) is 11.3 Å². The molecule has 0 unspecified atom stereocenters. The third kappa shape index (κ3) is 5.06. The number of hydrogen-bond donors (Lipinski definition) is 0. The number of carbonyl (C=O) groups is 1. The summed E-state index contributed by atoms with van der Waals surface area (Å²) in [7, 11) is 6.58. The summed E-state index contributed by atoms with van der Waals surface area (Å²) in [5, 5.41) is 4.09. The number of benzene rings is 3. The molecule has 7 nitrogen and oxygen atoms in total. The summed E-state index contributed by atoms with van der Waals surface area (Å²) in [6, 6.07) is 7.94. The maximum absolute atomic E-state index is 13.5. The van der Waals surface area contributed by atoms with E-state index < -0.39 is 0 Å². The Kier molecular flexibility index (Phi) is 8.70. The zero-order valence-corrected chi connectivity index (χ0v) is 24.2. The number of ether oxygens (including phenoxy) is 4. The van der Waals surface area contributed by atoms with E-state index in [0.717, 1.165) is 70.5 Å². The van der Waals surface area contributed by atoms with Crippen LogP contribution in [0, 0.1) is 0 Å². The summed E-state index contributed by atoms with van der Waals surface area (Å²) < 4.78 is 23.6. The van der Waals surface area contributed by atoms with Crippen molar-refractivity contribution in [1.82, 2.24) is 9.80 Å². The Morgan fingerprint density at radius 1 is 0.838 bits per heavy atom. The smallest absolute Gasteiger partial charge is 0.239 e. The number of likely N-dealkylation sites (N-methyl/N-ethyl adjacent to an activating group) is 1. The van der Waals surface area contributed by atoms with Crippen molar-refractivity contribution in [3.63, 3.8) is 0 Å². The van der Waals surface area contributed by atoms with Crippen molar-refractivity contribution < 1.29 is 23.7 Å². The predicted molar refractivity (Wildman–Crippen MR) is 151 cm³/mol. The first kappa shape index (κ1) is 27.3. The lowest BCUT2D eigenvalue weighted by Gasteiger charge is -2.37. The summed E-state index contributed by atoms with van der Waals surface area (Å²) in [6.45, 7) is 7.05. The molecule has 0 bridgehead atoms. The van der Waals surface area contributed by atoms with Crippen molar-refractivity contribution >= 4 is 43.4 Å². The number of likely N-dealkylation sites (tertiary alicyclic amines) is 1. The normalized spacial score (nSPS) is 16.1. The summed E-state index contributed by atoms with van der Waals surface area (Å²) in [5.41, 5.74) is 1.11. The monoisotopic (exact) mass is 572 g/mol. The average Bonchev–Trinajstić information content (AvgIpc) is 2.94. The lowest BCUT2D eigenvalue weighted by molar-refractivity contribution is -0.138. The number of methoxy groups -OCH3 is 4. The minimum Gasteiger partial charge on any atom is -0.493 e. The van der Waals surface area contributed by atoms with Gasteiger partial charge in [-0.3, -0.25) is 9.69 Å². The topological polar surface area (TPSA) is 60.5 Å². The van der Waals surface area contributed by atoms with Crippen molar-refractivity contribution in [2.45, 2.75) is 45.7 Å². The van der Waals surface area contributed by atoms with Crippen LogP contribution >= 0.6 is 15.9 Å². The van der Waals surface area contributed by atoms with Gasteiger partial charge in [0.25, 0.3) is 0 Å². The third-order valence-corrected chi connectivity index (χ3v) is 8.40. The first-order valence-corrected chi connectivity index (χ1v) is 13.7. The van der Waals surface area contributed by atoms with Gasteiger partial charge in [0.15, 0.2) is 23.0 Å². The molecule has 4 rings (SSSR count). The van der Waals surface area contributed by atoms with Crippen molar-refractivity contribution in [2.75, 3.05) is 48.1 Å². The van der Waals surface area contributed by atoms with Gasteiger partial charge < -0.3 is 23.8 Å². The summed E-state index contributed by atoms with van der Waals surface area (Å²) in [4.78, 5) is 17.8. The molecule has 1 amide bonds. The number of hydrogen-bond acceptors (Lipinski definition) is 6. The molecule has 1 heterocycles. The highest BCUT2D eigenvalue weighted by Crippen LogP contribution is 2.45. The van der Waals surface area contributed by atoms with E-state index in [1.54, 1.807) is 28.4 Å². The molecule has 1 saturated heterocycles. The van der Waals surface area contributed by atoms with Gasteiger partial charge in [-0.25, -0.2) is 0 Å². The molecule has 3 aromatic carbocycles. The van der Waals surface area contributed by atoms with Crippen LogP contribution in [0.5, 0.6) is 23.0 Å². The van der Waals surface area contributed by atoms with Gasteiger partial charge in [0.05, 0.1) is 34.5 Å². The molecule has 1 fully saturated rings. The van der Waals surface area contributed by atoms with E-state index in [2.05, 4.69) is 20.8 Å². The highest BCUT2D eigenvalue weighted by molar-refractivity contribution is 9.10. The highest BCUT2D eigenvalue weighted by atomic mass is 79.9. The number of fused-ring (bicyclic) bond motifs is 3. The lowest BCUT2D eigenvalue weighted by atomic mass is 9.94. The third-order valence-electron chi connectivity index (χ3n) is 7.50. The first-order chi connectivity index (χ1) is 17.9. The molecule has 0 saturated carbocycles. The SMILES string of the molecule is CCN(CC)C(=O)[C@H]1CCCCN1Cc1c(Br)c2cc(OC)c(OC)cc2c2cc(OC)c(OC)cc12. The number of rotatable bonds is 9. The van der Waals surface area contributed by atoms with Gasteiger partial charge in [-0.05, 0) is 95.2 Å². The Morgan fingerprint density at radius 2 is 1.32 bits per heavy atom. The van der Waals surface area contributed by atoms with E-state index >= 15 is 0 Å². The van der Waals surface area contributed by atoms with Gasteiger partial charge in [-0.2, -0.15) is 0 Å². The van der Waals surface area contributed by atoms with Crippen LogP contribution in [-0.4, -0.2) is 69.8 Å². The predicted octanol–water partition coefficient (Wildman–Crippen LogP) is 6.01. The molecule has 0 spiro atoms. The van der Waals surface area contributed by atoms with E-state index in [-0.39, 0.29) is 11.9 Å². The second kappa shape index (κ2) is 11.8. The number of carbonyl (C=O) groups excluding carboxylic acids is 1. The van der Waals surface area contributed by atoms with Crippen LogP contribution in [0.15, 0.2) is 28.7 Å². The molecule has 37 heavy (non-hydrogen) atoms. The van der Waals surface area contributed by atoms with Crippen molar-refractivity contribution in [3.05, 3.63) is 34.3 Å². The van der Waals surface area contributed by atoms with Gasteiger partial charge in [0.2, 0.25) is 5.91 Å². The van der Waals surface area contributed by atoms with Crippen LogP contribution in [0.2, 0.25) is 0 Å². The lowest BCUT2D eigenvalue weighted by Crippen LogP contribution is -2.50. The van der Waals surface area contributed by atoms with Crippen molar-refractivity contribution in [3.8, 4) is 23.0 Å². The molecule has 0 aliphatic carbocycles. The number of amides is 1. The van der Waals surface area contributed by atoms with E-state index in [1.807, 2.05) is 43.0 Å². The second-order valence-corrected chi connectivity index (χ2v) is 10.1. The number of nitrogens with zero attached hydrogens (tertiary/aromatic N) is 2. The Hall–Kier alpha value is -2.71. The number of halogens is 1. The summed E-state index contributed by atoms with van der Waals surface area (Å²) in [5.74, 6) is 2.86. The van der Waals surface area contributed by atoms with Gasteiger partial charge in [-0.15, -0.1) is 0 Å². The van der Waals surface area contributed by atoms with Crippen LogP contribution in [0.3, 0.4) is 0 Å². The molecule has 1 aliphatic heterocycles. The fourth-order valence-corrected chi connectivity index (χ4v) is 6.15. The second-order valence-electron chi connectivity index (χ2n) is 9.29. The molecule has 0 radical (unpaired) electrons.